The van der Waals surface area contributed by atoms with Crippen LogP contribution in [-0.4, -0.2) is 7.98 Å². The Bertz CT molecular complexity index is 162. The molecule has 0 saturated carbocycles. The van der Waals surface area contributed by atoms with Crippen molar-refractivity contribution >= 4 is 7.98 Å². The Labute approximate surface area is 56.5 Å². The third kappa shape index (κ3) is 1.90. The average Bonchev–Trinajstić information content (AvgIpc) is 1.91. The molecular formula is C7H8BN. The van der Waals surface area contributed by atoms with Gasteiger partial charge in [0.25, 0.3) is 0 Å². The van der Waals surface area contributed by atoms with E-state index in [0.29, 0.717) is 0 Å². The second-order valence-electron chi connectivity index (χ2n) is 1.87. The Hall–Kier alpha value is -0.755. The first kappa shape index (κ1) is 6.37. The molecule has 1 N–H and O–H groups in total. The molecule has 0 heterocycles. The second-order valence-corrected chi connectivity index (χ2v) is 1.87. The van der Waals surface area contributed by atoms with Crippen LogP contribution in [-0.2, 0) is 6.54 Å². The van der Waals surface area contributed by atoms with E-state index < -0.39 is 0 Å². The van der Waals surface area contributed by atoms with Gasteiger partial charge in [-0.05, 0) is 5.56 Å². The zero-order chi connectivity index (χ0) is 6.53. The van der Waals surface area contributed by atoms with Crippen molar-refractivity contribution in [2.24, 2.45) is 0 Å². The summed E-state index contributed by atoms with van der Waals surface area (Å²) in [6.07, 6.45) is 0. The van der Waals surface area contributed by atoms with E-state index in [4.69, 9.17) is 7.98 Å². The molecule has 0 atom stereocenters. The Morgan fingerprint density at radius 1 is 1.22 bits per heavy atom. The number of nitrogens with one attached hydrogen (secondary N) is 1. The third-order valence-corrected chi connectivity index (χ3v) is 1.15. The normalized spacial score (nSPS) is 9.33. The Balaban J connectivity index is 2.61. The van der Waals surface area contributed by atoms with Gasteiger partial charge in [0.2, 0.25) is 0 Å². The molecule has 0 aliphatic rings. The highest BCUT2D eigenvalue weighted by Crippen LogP contribution is 1.95. The van der Waals surface area contributed by atoms with Crippen molar-refractivity contribution < 1.29 is 0 Å². The second kappa shape index (κ2) is 3.31. The molecule has 1 aromatic carbocycles. The molecule has 0 spiro atoms. The fraction of sp³-hybridized carbons (Fsp3) is 0.143. The SMILES string of the molecule is [B]NCc1ccccc1. The summed E-state index contributed by atoms with van der Waals surface area (Å²) in [5.41, 5.74) is 1.21. The minimum absolute atomic E-state index is 0.737. The topological polar surface area (TPSA) is 12.0 Å². The molecule has 0 aliphatic carbocycles. The van der Waals surface area contributed by atoms with Crippen LogP contribution < -0.4 is 5.23 Å². The quantitative estimate of drug-likeness (QED) is 0.566. The van der Waals surface area contributed by atoms with Gasteiger partial charge in [0.05, 0.1) is 0 Å². The van der Waals surface area contributed by atoms with Crippen molar-refractivity contribution in [3.05, 3.63) is 35.9 Å². The molecule has 0 aliphatic heterocycles. The van der Waals surface area contributed by atoms with Gasteiger partial charge in [-0.2, -0.15) is 0 Å². The Morgan fingerprint density at radius 2 is 1.89 bits per heavy atom. The van der Waals surface area contributed by atoms with Crippen LogP contribution in [0.5, 0.6) is 0 Å². The van der Waals surface area contributed by atoms with E-state index in [1.54, 1.807) is 0 Å². The molecule has 0 amide bonds. The number of hydrogen-bond acceptors (Lipinski definition) is 1. The van der Waals surface area contributed by atoms with Crippen LogP contribution in [0, 0.1) is 0 Å². The third-order valence-electron chi connectivity index (χ3n) is 1.15. The lowest BCUT2D eigenvalue weighted by Gasteiger charge is -1.96. The fourth-order valence-electron chi connectivity index (χ4n) is 0.714. The number of benzene rings is 1. The first-order valence-corrected chi connectivity index (χ1v) is 2.91. The standard InChI is InChI=1S/C7H8BN/c8-9-6-7-4-2-1-3-5-7/h1-5,9H,6H2. The predicted molar refractivity (Wildman–Crippen MR) is 39.0 cm³/mol. The van der Waals surface area contributed by atoms with Gasteiger partial charge in [0.15, 0.2) is 7.98 Å². The first-order chi connectivity index (χ1) is 4.43. The van der Waals surface area contributed by atoms with Gasteiger partial charge >= 0.3 is 0 Å². The van der Waals surface area contributed by atoms with Crippen LogP contribution in [0.1, 0.15) is 5.56 Å². The van der Waals surface area contributed by atoms with Crippen LogP contribution >= 0.6 is 0 Å². The van der Waals surface area contributed by atoms with Gasteiger partial charge in [0, 0.05) is 6.54 Å². The van der Waals surface area contributed by atoms with E-state index in [-0.39, 0.29) is 0 Å². The van der Waals surface area contributed by atoms with E-state index >= 15 is 0 Å². The summed E-state index contributed by atoms with van der Waals surface area (Å²) in [5, 5.41) is 2.58. The zero-order valence-electron chi connectivity index (χ0n) is 5.17. The average molecular weight is 117 g/mol. The van der Waals surface area contributed by atoms with E-state index in [0.717, 1.165) is 6.54 Å². The van der Waals surface area contributed by atoms with E-state index in [9.17, 15) is 0 Å². The highest BCUT2D eigenvalue weighted by atomic mass is 14.7. The van der Waals surface area contributed by atoms with Gasteiger partial charge < -0.3 is 5.23 Å². The smallest absolute Gasteiger partial charge is 0.178 e. The molecule has 0 bridgehead atoms. The van der Waals surface area contributed by atoms with Gasteiger partial charge in [-0.25, -0.2) is 0 Å². The van der Waals surface area contributed by atoms with E-state index in [1.165, 1.54) is 5.56 Å². The summed E-state index contributed by atoms with van der Waals surface area (Å²) >= 11 is 0. The van der Waals surface area contributed by atoms with E-state index in [1.807, 2.05) is 30.3 Å². The molecule has 1 rings (SSSR count). The molecule has 2 radical (unpaired) electrons. The molecule has 0 aromatic heterocycles. The number of hydrogen-bond donors (Lipinski definition) is 1. The molecular weight excluding hydrogens is 109 g/mol. The largest absolute Gasteiger partial charge is 0.363 e. The summed E-state index contributed by atoms with van der Waals surface area (Å²) in [7, 11) is 5.11. The highest BCUT2D eigenvalue weighted by molar-refractivity contribution is 6.04. The lowest BCUT2D eigenvalue weighted by Crippen LogP contribution is -2.06. The molecule has 0 fully saturated rings. The minimum atomic E-state index is 0.737. The maximum atomic E-state index is 5.11. The molecule has 0 saturated heterocycles. The van der Waals surface area contributed by atoms with E-state index in [2.05, 4.69) is 5.23 Å². The first-order valence-electron chi connectivity index (χ1n) is 2.91. The zero-order valence-corrected chi connectivity index (χ0v) is 5.17. The monoisotopic (exact) mass is 117 g/mol. The molecule has 0 unspecified atom stereocenters. The van der Waals surface area contributed by atoms with Crippen LogP contribution in [0.4, 0.5) is 0 Å². The Kier molecular flexibility index (Phi) is 2.34. The van der Waals surface area contributed by atoms with Crippen LogP contribution in [0.3, 0.4) is 0 Å². The van der Waals surface area contributed by atoms with Gasteiger partial charge in [0.1, 0.15) is 0 Å². The van der Waals surface area contributed by atoms with Crippen molar-refractivity contribution in [2.75, 3.05) is 0 Å². The Morgan fingerprint density at radius 3 is 2.44 bits per heavy atom. The highest BCUT2D eigenvalue weighted by Gasteiger charge is 1.83. The van der Waals surface area contributed by atoms with Gasteiger partial charge in [-0.3, -0.25) is 0 Å². The lowest BCUT2D eigenvalue weighted by molar-refractivity contribution is 0.962. The molecule has 9 heavy (non-hydrogen) atoms. The summed E-state index contributed by atoms with van der Waals surface area (Å²) in [6.45, 7) is 0.737. The maximum absolute atomic E-state index is 5.11. The van der Waals surface area contributed by atoms with Gasteiger partial charge in [-0.1, -0.05) is 30.3 Å². The molecule has 2 heteroatoms. The summed E-state index contributed by atoms with van der Waals surface area (Å²) in [5.74, 6) is 0. The molecule has 1 nitrogen and oxygen atoms in total. The van der Waals surface area contributed by atoms with Crippen LogP contribution in [0.25, 0.3) is 0 Å². The summed E-state index contributed by atoms with van der Waals surface area (Å²) in [4.78, 5) is 0. The van der Waals surface area contributed by atoms with Crippen LogP contribution in [0.2, 0.25) is 0 Å². The van der Waals surface area contributed by atoms with Gasteiger partial charge in [-0.15, -0.1) is 0 Å². The summed E-state index contributed by atoms with van der Waals surface area (Å²) < 4.78 is 0. The van der Waals surface area contributed by atoms with Crippen molar-refractivity contribution in [3.8, 4) is 0 Å². The minimum Gasteiger partial charge on any atom is -0.363 e. The molecule has 44 valence electrons. The van der Waals surface area contributed by atoms with Crippen molar-refractivity contribution in [1.29, 1.82) is 0 Å². The molecule has 1 aromatic rings. The fourth-order valence-corrected chi connectivity index (χ4v) is 0.714. The van der Waals surface area contributed by atoms with Crippen molar-refractivity contribution in [3.63, 3.8) is 0 Å². The van der Waals surface area contributed by atoms with Crippen molar-refractivity contribution in [2.45, 2.75) is 6.54 Å². The van der Waals surface area contributed by atoms with Crippen molar-refractivity contribution in [1.82, 2.24) is 5.23 Å². The van der Waals surface area contributed by atoms with Crippen LogP contribution in [0.15, 0.2) is 30.3 Å². The predicted octanol–water partition coefficient (Wildman–Crippen LogP) is 0.860. The number of rotatable bonds is 2. The maximum Gasteiger partial charge on any atom is 0.178 e. The lowest BCUT2D eigenvalue weighted by atomic mass is 10.2. The summed E-state index contributed by atoms with van der Waals surface area (Å²) in [6, 6.07) is 10.0.